The molecule has 0 atom stereocenters. The number of aromatic nitrogens is 3. The third-order valence-electron chi connectivity index (χ3n) is 5.45. The summed E-state index contributed by atoms with van der Waals surface area (Å²) < 4.78 is 40.2. The molecule has 0 bridgehead atoms. The van der Waals surface area contributed by atoms with E-state index in [2.05, 4.69) is 20.7 Å². The highest BCUT2D eigenvalue weighted by Gasteiger charge is 2.22. The fraction of sp³-hybridized carbons (Fsp3) is 0.185. The van der Waals surface area contributed by atoms with Crippen molar-refractivity contribution < 1.29 is 27.8 Å². The fourth-order valence-electron chi connectivity index (χ4n) is 3.55. The number of urea groups is 1. The second kappa shape index (κ2) is 10.8. The molecule has 0 aliphatic carbocycles. The van der Waals surface area contributed by atoms with Crippen molar-refractivity contribution in [1.29, 1.82) is 0 Å². The van der Waals surface area contributed by atoms with E-state index in [1.54, 1.807) is 24.3 Å². The smallest absolute Gasteiger partial charge is 0.324 e. The third kappa shape index (κ3) is 6.47. The van der Waals surface area contributed by atoms with Crippen LogP contribution in [-0.4, -0.2) is 33.8 Å². The van der Waals surface area contributed by atoms with E-state index in [1.165, 1.54) is 30.1 Å². The Kier molecular flexibility index (Phi) is 7.47. The molecular formula is C27H26F2N6O4. The molecule has 0 aliphatic rings. The summed E-state index contributed by atoms with van der Waals surface area (Å²) in [5.41, 5.74) is 5.91. The Balaban J connectivity index is 1.56. The van der Waals surface area contributed by atoms with E-state index < -0.39 is 29.0 Å². The summed E-state index contributed by atoms with van der Waals surface area (Å²) in [5.74, 6) is -1.08. The number of benzene rings is 2. The number of nitrogens with two attached hydrogens (primary N) is 1. The van der Waals surface area contributed by atoms with Crippen LogP contribution in [-0.2, 0) is 5.41 Å². The van der Waals surface area contributed by atoms with Crippen molar-refractivity contribution in [2.45, 2.75) is 26.2 Å². The second-order valence-corrected chi connectivity index (χ2v) is 9.49. The van der Waals surface area contributed by atoms with Gasteiger partial charge in [0, 0.05) is 35.9 Å². The molecule has 2 aromatic carbocycles. The van der Waals surface area contributed by atoms with Crippen LogP contribution in [0.15, 0.2) is 60.8 Å². The van der Waals surface area contributed by atoms with Crippen molar-refractivity contribution in [1.82, 2.24) is 14.8 Å². The lowest BCUT2D eigenvalue weighted by atomic mass is 9.92. The van der Waals surface area contributed by atoms with E-state index in [9.17, 15) is 18.4 Å². The van der Waals surface area contributed by atoms with Crippen molar-refractivity contribution in [3.05, 3.63) is 83.8 Å². The zero-order valence-electron chi connectivity index (χ0n) is 21.6. The van der Waals surface area contributed by atoms with Crippen LogP contribution in [0.5, 0.6) is 17.2 Å². The maximum Gasteiger partial charge on any atom is 0.324 e. The molecule has 0 spiro atoms. The number of hydrogen-bond acceptors (Lipinski definition) is 6. The van der Waals surface area contributed by atoms with E-state index in [1.807, 2.05) is 20.8 Å². The molecule has 10 nitrogen and oxygen atoms in total. The van der Waals surface area contributed by atoms with Gasteiger partial charge in [-0.25, -0.2) is 18.3 Å². The van der Waals surface area contributed by atoms with Gasteiger partial charge in [0.05, 0.1) is 24.2 Å². The average Bonchev–Trinajstić information content (AvgIpc) is 3.29. The van der Waals surface area contributed by atoms with Crippen molar-refractivity contribution >= 4 is 23.4 Å². The summed E-state index contributed by atoms with van der Waals surface area (Å²) in [4.78, 5) is 28.2. The first-order chi connectivity index (χ1) is 18.4. The fourth-order valence-corrected chi connectivity index (χ4v) is 3.55. The predicted molar refractivity (Wildman–Crippen MR) is 141 cm³/mol. The largest absolute Gasteiger partial charge is 0.494 e. The third-order valence-corrected chi connectivity index (χ3v) is 5.45. The number of carbonyl (C=O) groups excluding carboxylic acids is 2. The SMILES string of the molecule is COc1cc(Oc2ccnc(C(N)=O)c2)ccc1NC(=O)Nc1cc(C(C)(C)C)nn1-c1cc(F)cc(F)c1. The summed E-state index contributed by atoms with van der Waals surface area (Å²) in [5, 5.41) is 9.83. The Morgan fingerprint density at radius 1 is 0.949 bits per heavy atom. The van der Waals surface area contributed by atoms with Crippen LogP contribution in [0.3, 0.4) is 0 Å². The van der Waals surface area contributed by atoms with Crippen LogP contribution in [0.25, 0.3) is 5.69 Å². The van der Waals surface area contributed by atoms with E-state index in [4.69, 9.17) is 15.2 Å². The highest BCUT2D eigenvalue weighted by molar-refractivity contribution is 6.00. The predicted octanol–water partition coefficient (Wildman–Crippen LogP) is 5.39. The number of anilines is 2. The van der Waals surface area contributed by atoms with Crippen LogP contribution < -0.4 is 25.8 Å². The number of amides is 3. The highest BCUT2D eigenvalue weighted by atomic mass is 19.1. The van der Waals surface area contributed by atoms with Gasteiger partial charge in [0.2, 0.25) is 0 Å². The minimum absolute atomic E-state index is 0.0456. The summed E-state index contributed by atoms with van der Waals surface area (Å²) in [7, 11) is 1.42. The van der Waals surface area contributed by atoms with Crippen LogP contribution in [0, 0.1) is 11.6 Å². The van der Waals surface area contributed by atoms with Crippen molar-refractivity contribution in [2.75, 3.05) is 17.7 Å². The number of hydrogen-bond donors (Lipinski definition) is 3. The van der Waals surface area contributed by atoms with Crippen molar-refractivity contribution in [3.63, 3.8) is 0 Å². The molecule has 0 radical (unpaired) electrons. The van der Waals surface area contributed by atoms with E-state index >= 15 is 0 Å². The van der Waals surface area contributed by atoms with Crippen LogP contribution in [0.2, 0.25) is 0 Å². The van der Waals surface area contributed by atoms with Crippen LogP contribution >= 0.6 is 0 Å². The number of nitrogens with one attached hydrogen (secondary N) is 2. The first-order valence-corrected chi connectivity index (χ1v) is 11.7. The Bertz CT molecular complexity index is 1530. The van der Waals surface area contributed by atoms with Gasteiger partial charge >= 0.3 is 6.03 Å². The van der Waals surface area contributed by atoms with Gasteiger partial charge in [-0.05, 0) is 30.3 Å². The van der Waals surface area contributed by atoms with Gasteiger partial charge in [-0.15, -0.1) is 0 Å². The number of methoxy groups -OCH3 is 1. The lowest BCUT2D eigenvalue weighted by Crippen LogP contribution is -2.21. The second-order valence-electron chi connectivity index (χ2n) is 9.49. The maximum absolute atomic E-state index is 13.9. The standard InChI is InChI=1S/C27H26F2N6O4/c1-27(2,3)23-14-24(35(34-23)17-10-15(28)9-16(29)11-17)33-26(37)32-20-6-5-18(13-22(20)38-4)39-19-7-8-31-21(12-19)25(30)36/h5-14H,1-4H3,(H2,30,36)(H2,32,33,37). The van der Waals surface area contributed by atoms with Crippen LogP contribution in [0.4, 0.5) is 25.1 Å². The molecule has 4 N–H and O–H groups in total. The molecule has 3 amide bonds. The molecule has 12 heteroatoms. The van der Waals surface area contributed by atoms with Crippen molar-refractivity contribution in [2.24, 2.45) is 5.73 Å². The number of rotatable bonds is 7. The summed E-state index contributed by atoms with van der Waals surface area (Å²) in [6.07, 6.45) is 1.39. The Morgan fingerprint density at radius 2 is 1.64 bits per heavy atom. The van der Waals surface area contributed by atoms with Gasteiger partial charge in [0.15, 0.2) is 0 Å². The van der Waals surface area contributed by atoms with Gasteiger partial charge in [-0.1, -0.05) is 20.8 Å². The van der Waals surface area contributed by atoms with Gasteiger partial charge in [-0.3, -0.25) is 15.1 Å². The van der Waals surface area contributed by atoms with E-state index in [0.717, 1.165) is 18.2 Å². The Morgan fingerprint density at radius 3 is 2.28 bits per heavy atom. The number of pyridine rings is 1. The molecular weight excluding hydrogens is 510 g/mol. The zero-order chi connectivity index (χ0) is 28.3. The Labute approximate surface area is 222 Å². The van der Waals surface area contributed by atoms with Gasteiger partial charge in [0.25, 0.3) is 5.91 Å². The van der Waals surface area contributed by atoms with E-state index in [0.29, 0.717) is 22.9 Å². The minimum atomic E-state index is -0.780. The monoisotopic (exact) mass is 536 g/mol. The molecule has 2 heterocycles. The number of carbonyl (C=O) groups is 2. The number of primary amides is 1. The molecule has 4 rings (SSSR count). The number of halogens is 2. The highest BCUT2D eigenvalue weighted by Crippen LogP contribution is 2.32. The Hall–Kier alpha value is -5.00. The molecule has 39 heavy (non-hydrogen) atoms. The first-order valence-electron chi connectivity index (χ1n) is 11.7. The molecule has 0 fully saturated rings. The average molecular weight is 537 g/mol. The molecule has 0 saturated heterocycles. The maximum atomic E-state index is 13.9. The molecule has 0 aliphatic heterocycles. The molecule has 202 valence electrons. The molecule has 0 saturated carbocycles. The van der Waals surface area contributed by atoms with Crippen molar-refractivity contribution in [3.8, 4) is 22.9 Å². The number of ether oxygens (including phenoxy) is 2. The molecule has 4 aromatic rings. The lowest BCUT2D eigenvalue weighted by Gasteiger charge is -2.14. The summed E-state index contributed by atoms with van der Waals surface area (Å²) in [6, 6.07) is 11.6. The van der Waals surface area contributed by atoms with Gasteiger partial charge in [0.1, 0.15) is 40.4 Å². The quantitative estimate of drug-likeness (QED) is 0.290. The normalized spacial score (nSPS) is 11.1. The first kappa shape index (κ1) is 27.0. The molecule has 0 unspecified atom stereocenters. The summed E-state index contributed by atoms with van der Waals surface area (Å²) in [6.45, 7) is 5.76. The number of nitrogens with zero attached hydrogens (tertiary/aromatic N) is 3. The lowest BCUT2D eigenvalue weighted by molar-refractivity contribution is 0.0995. The topological polar surface area (TPSA) is 133 Å². The van der Waals surface area contributed by atoms with Gasteiger partial charge < -0.3 is 20.5 Å². The summed E-state index contributed by atoms with van der Waals surface area (Å²) >= 11 is 0. The minimum Gasteiger partial charge on any atom is -0.494 e. The molecule has 2 aromatic heterocycles. The van der Waals surface area contributed by atoms with E-state index in [-0.39, 0.29) is 22.9 Å². The zero-order valence-corrected chi connectivity index (χ0v) is 21.6. The van der Waals surface area contributed by atoms with Gasteiger partial charge in [-0.2, -0.15) is 5.10 Å². The van der Waals surface area contributed by atoms with Crippen LogP contribution in [0.1, 0.15) is 37.0 Å².